The van der Waals surface area contributed by atoms with Crippen molar-refractivity contribution in [3.63, 3.8) is 0 Å². The van der Waals surface area contributed by atoms with E-state index in [1.807, 2.05) is 19.1 Å². The summed E-state index contributed by atoms with van der Waals surface area (Å²) in [5.41, 5.74) is 1.47. The van der Waals surface area contributed by atoms with E-state index in [9.17, 15) is 13.2 Å². The van der Waals surface area contributed by atoms with E-state index < -0.39 is 16.0 Å². The predicted octanol–water partition coefficient (Wildman–Crippen LogP) is 2.75. The summed E-state index contributed by atoms with van der Waals surface area (Å²) in [4.78, 5) is 10.8. The van der Waals surface area contributed by atoms with Crippen LogP contribution in [0.4, 0.5) is 5.69 Å². The second-order valence-electron chi connectivity index (χ2n) is 4.49. The molecule has 2 N–H and O–H groups in total. The van der Waals surface area contributed by atoms with Gasteiger partial charge >= 0.3 is 5.97 Å². The fourth-order valence-electron chi connectivity index (χ4n) is 1.82. The second kappa shape index (κ2) is 5.97. The van der Waals surface area contributed by atoms with Gasteiger partial charge in [-0.1, -0.05) is 25.1 Å². The number of benzene rings is 2. The number of hydrogen-bond acceptors (Lipinski definition) is 3. The first kappa shape index (κ1) is 15.1. The van der Waals surface area contributed by atoms with Gasteiger partial charge in [0.1, 0.15) is 0 Å². The maximum absolute atomic E-state index is 12.2. The topological polar surface area (TPSA) is 83.5 Å². The molecular formula is C15H15NO4S. The normalized spacial score (nSPS) is 11.1. The monoisotopic (exact) mass is 305 g/mol. The minimum Gasteiger partial charge on any atom is -0.478 e. The van der Waals surface area contributed by atoms with Gasteiger partial charge in [-0.15, -0.1) is 0 Å². The zero-order chi connectivity index (χ0) is 15.5. The largest absolute Gasteiger partial charge is 0.478 e. The summed E-state index contributed by atoms with van der Waals surface area (Å²) in [5.74, 6) is -1.17. The van der Waals surface area contributed by atoms with Gasteiger partial charge in [0, 0.05) is 5.69 Å². The third kappa shape index (κ3) is 3.61. The van der Waals surface area contributed by atoms with Crippen molar-refractivity contribution in [3.05, 3.63) is 59.7 Å². The second-order valence-corrected chi connectivity index (χ2v) is 6.17. The van der Waals surface area contributed by atoms with Gasteiger partial charge in [-0.05, 0) is 42.3 Å². The van der Waals surface area contributed by atoms with E-state index in [0.717, 1.165) is 18.1 Å². The lowest BCUT2D eigenvalue weighted by Crippen LogP contribution is -2.13. The maximum Gasteiger partial charge on any atom is 0.335 e. The Bertz CT molecular complexity index is 751. The molecule has 0 aliphatic carbocycles. The number of carboxylic acids is 1. The molecular weight excluding hydrogens is 290 g/mol. The van der Waals surface area contributed by atoms with Gasteiger partial charge in [0.05, 0.1) is 10.5 Å². The minimum atomic E-state index is -3.80. The molecule has 0 fully saturated rings. The van der Waals surface area contributed by atoms with E-state index in [4.69, 9.17) is 5.11 Å². The molecule has 0 aliphatic rings. The lowest BCUT2D eigenvalue weighted by Gasteiger charge is -2.09. The molecule has 110 valence electrons. The average molecular weight is 305 g/mol. The third-order valence-electron chi connectivity index (χ3n) is 3.01. The molecule has 0 saturated heterocycles. The van der Waals surface area contributed by atoms with E-state index in [1.54, 1.807) is 12.1 Å². The third-order valence-corrected chi connectivity index (χ3v) is 4.38. The van der Waals surface area contributed by atoms with Gasteiger partial charge in [-0.2, -0.15) is 0 Å². The molecule has 2 rings (SSSR count). The summed E-state index contributed by atoms with van der Waals surface area (Å²) in [6.07, 6.45) is 0.869. The highest BCUT2D eigenvalue weighted by atomic mass is 32.2. The van der Waals surface area contributed by atoms with Gasteiger partial charge in [0.15, 0.2) is 0 Å². The number of nitrogens with one attached hydrogen (secondary N) is 1. The first-order valence-electron chi connectivity index (χ1n) is 6.37. The standard InChI is InChI=1S/C15H15NO4S/c1-2-11-6-8-13(9-7-11)16-21(19,20)14-5-3-4-12(10-14)15(17)18/h3-10,16H,2H2,1H3,(H,17,18). The van der Waals surface area contributed by atoms with Crippen molar-refractivity contribution in [2.24, 2.45) is 0 Å². The van der Waals surface area contributed by atoms with Crippen molar-refractivity contribution in [1.29, 1.82) is 0 Å². The predicted molar refractivity (Wildman–Crippen MR) is 80.0 cm³/mol. The van der Waals surface area contributed by atoms with Gasteiger partial charge in [0.2, 0.25) is 0 Å². The molecule has 0 amide bonds. The number of sulfonamides is 1. The number of aromatic carboxylic acids is 1. The van der Waals surface area contributed by atoms with E-state index in [0.29, 0.717) is 5.69 Å². The Morgan fingerprint density at radius 2 is 1.81 bits per heavy atom. The van der Waals surface area contributed by atoms with Crippen molar-refractivity contribution >= 4 is 21.7 Å². The number of aryl methyl sites for hydroxylation is 1. The molecule has 2 aromatic carbocycles. The molecule has 0 radical (unpaired) electrons. The van der Waals surface area contributed by atoms with Crippen LogP contribution in [-0.2, 0) is 16.4 Å². The average Bonchev–Trinajstić information content (AvgIpc) is 2.48. The minimum absolute atomic E-state index is 0.0702. The van der Waals surface area contributed by atoms with Gasteiger partial charge in [-0.3, -0.25) is 4.72 Å². The lowest BCUT2D eigenvalue weighted by molar-refractivity contribution is 0.0696. The Hall–Kier alpha value is -2.34. The zero-order valence-electron chi connectivity index (χ0n) is 11.4. The smallest absolute Gasteiger partial charge is 0.335 e. The fraction of sp³-hybridized carbons (Fsp3) is 0.133. The van der Waals surface area contributed by atoms with Crippen LogP contribution in [0.5, 0.6) is 0 Å². The Kier molecular flexibility index (Phi) is 4.28. The van der Waals surface area contributed by atoms with Gasteiger partial charge < -0.3 is 5.11 Å². The molecule has 0 heterocycles. The number of anilines is 1. The molecule has 0 spiro atoms. The summed E-state index contributed by atoms with van der Waals surface area (Å²) in [5, 5.41) is 8.91. The van der Waals surface area contributed by atoms with Crippen LogP contribution < -0.4 is 4.72 Å². The zero-order valence-corrected chi connectivity index (χ0v) is 12.2. The van der Waals surface area contributed by atoms with E-state index in [2.05, 4.69) is 4.72 Å². The Labute approximate surface area is 123 Å². The van der Waals surface area contributed by atoms with E-state index in [1.165, 1.54) is 18.2 Å². The van der Waals surface area contributed by atoms with Crippen LogP contribution in [0.15, 0.2) is 53.4 Å². The molecule has 5 nitrogen and oxygen atoms in total. The molecule has 0 aromatic heterocycles. The Morgan fingerprint density at radius 3 is 2.38 bits per heavy atom. The summed E-state index contributed by atoms with van der Waals surface area (Å²) in [7, 11) is -3.80. The highest BCUT2D eigenvalue weighted by Gasteiger charge is 2.16. The summed E-state index contributed by atoms with van der Waals surface area (Å²) < 4.78 is 26.9. The van der Waals surface area contributed by atoms with Crippen LogP contribution in [0.2, 0.25) is 0 Å². The van der Waals surface area contributed by atoms with Crippen LogP contribution in [0.3, 0.4) is 0 Å². The summed E-state index contributed by atoms with van der Waals surface area (Å²) in [6, 6.07) is 12.3. The fourth-order valence-corrected chi connectivity index (χ4v) is 2.92. The van der Waals surface area contributed by atoms with Crippen molar-refractivity contribution in [1.82, 2.24) is 0 Å². The molecule has 6 heteroatoms. The van der Waals surface area contributed by atoms with Crippen LogP contribution in [-0.4, -0.2) is 19.5 Å². The van der Waals surface area contributed by atoms with E-state index >= 15 is 0 Å². The van der Waals surface area contributed by atoms with E-state index in [-0.39, 0.29) is 10.5 Å². The highest BCUT2D eigenvalue weighted by Crippen LogP contribution is 2.18. The van der Waals surface area contributed by atoms with Crippen molar-refractivity contribution < 1.29 is 18.3 Å². The number of hydrogen-bond donors (Lipinski definition) is 2. The SMILES string of the molecule is CCc1ccc(NS(=O)(=O)c2cccc(C(=O)O)c2)cc1. The molecule has 2 aromatic rings. The molecule has 0 saturated carbocycles. The van der Waals surface area contributed by atoms with Crippen LogP contribution >= 0.6 is 0 Å². The quantitative estimate of drug-likeness (QED) is 0.889. The molecule has 21 heavy (non-hydrogen) atoms. The molecule has 0 atom stereocenters. The van der Waals surface area contributed by atoms with Crippen molar-refractivity contribution in [3.8, 4) is 0 Å². The Balaban J connectivity index is 2.29. The Morgan fingerprint density at radius 1 is 1.14 bits per heavy atom. The van der Waals surface area contributed by atoms with Crippen molar-refractivity contribution in [2.45, 2.75) is 18.2 Å². The molecule has 0 unspecified atom stereocenters. The lowest BCUT2D eigenvalue weighted by atomic mass is 10.2. The van der Waals surface area contributed by atoms with Gasteiger partial charge in [0.25, 0.3) is 10.0 Å². The van der Waals surface area contributed by atoms with Crippen LogP contribution in [0.25, 0.3) is 0 Å². The van der Waals surface area contributed by atoms with Gasteiger partial charge in [-0.25, -0.2) is 13.2 Å². The summed E-state index contributed by atoms with van der Waals surface area (Å²) in [6.45, 7) is 2.01. The van der Waals surface area contributed by atoms with Crippen LogP contribution in [0.1, 0.15) is 22.8 Å². The summed E-state index contributed by atoms with van der Waals surface area (Å²) >= 11 is 0. The number of carboxylic acid groups (broad SMARTS) is 1. The molecule has 0 bridgehead atoms. The maximum atomic E-state index is 12.2. The van der Waals surface area contributed by atoms with Crippen molar-refractivity contribution in [2.75, 3.05) is 4.72 Å². The number of rotatable bonds is 5. The molecule has 0 aliphatic heterocycles. The first-order chi connectivity index (χ1) is 9.92. The first-order valence-corrected chi connectivity index (χ1v) is 7.86. The highest BCUT2D eigenvalue weighted by molar-refractivity contribution is 7.92. The van der Waals surface area contributed by atoms with Crippen LogP contribution in [0, 0.1) is 0 Å². The number of carbonyl (C=O) groups is 1.